The van der Waals surface area contributed by atoms with Gasteiger partial charge in [0, 0.05) is 45.0 Å². The quantitative estimate of drug-likeness (QED) is 0.187. The van der Waals surface area contributed by atoms with Gasteiger partial charge in [-0.25, -0.2) is 4.99 Å². The van der Waals surface area contributed by atoms with E-state index in [1.54, 1.807) is 13.4 Å². The molecule has 0 radical (unpaired) electrons. The van der Waals surface area contributed by atoms with Crippen LogP contribution in [0, 0.1) is 0 Å². The lowest BCUT2D eigenvalue weighted by atomic mass is 10.2. The van der Waals surface area contributed by atoms with E-state index in [4.69, 9.17) is 18.9 Å². The minimum atomic E-state index is 0. The zero-order chi connectivity index (χ0) is 21.7. The Hall–Kier alpha value is -2.12. The van der Waals surface area contributed by atoms with Gasteiger partial charge >= 0.3 is 0 Å². The topological polar surface area (TPSA) is 104 Å². The zero-order valence-electron chi connectivity index (χ0n) is 18.7. The highest BCUT2D eigenvalue weighted by atomic mass is 127. The predicted octanol–water partition coefficient (Wildman–Crippen LogP) is 2.69. The van der Waals surface area contributed by atoms with Crippen LogP contribution in [-0.2, 0) is 22.6 Å². The number of methoxy groups -OCH3 is 1. The maximum Gasteiger partial charge on any atom is 0.196 e. The fourth-order valence-electron chi connectivity index (χ4n) is 2.96. The molecule has 1 aromatic heterocycles. The van der Waals surface area contributed by atoms with Gasteiger partial charge in [-0.15, -0.1) is 34.2 Å². The van der Waals surface area contributed by atoms with E-state index >= 15 is 0 Å². The van der Waals surface area contributed by atoms with Crippen LogP contribution in [0.3, 0.4) is 0 Å². The van der Waals surface area contributed by atoms with Crippen molar-refractivity contribution in [1.82, 2.24) is 20.1 Å². The van der Waals surface area contributed by atoms with E-state index in [0.717, 1.165) is 42.4 Å². The third-order valence-electron chi connectivity index (χ3n) is 4.61. The molecule has 1 aliphatic rings. The molecule has 11 heteroatoms. The summed E-state index contributed by atoms with van der Waals surface area (Å²) >= 11 is 0. The summed E-state index contributed by atoms with van der Waals surface area (Å²) in [5.74, 6) is 2.96. The average molecular weight is 560 g/mol. The van der Waals surface area contributed by atoms with Crippen LogP contribution >= 0.6 is 24.0 Å². The lowest BCUT2D eigenvalue weighted by molar-refractivity contribution is 0.0699. The van der Waals surface area contributed by atoms with Gasteiger partial charge in [-0.1, -0.05) is 0 Å². The van der Waals surface area contributed by atoms with Crippen molar-refractivity contribution in [2.45, 2.75) is 32.9 Å². The van der Waals surface area contributed by atoms with Crippen molar-refractivity contribution in [3.8, 4) is 11.5 Å². The SMILES string of the molecule is CCn1cnnc1CN=C(NCCCOCCOC)Nc1ccc2c(c1)OCCCO2.I. The van der Waals surface area contributed by atoms with Crippen molar-refractivity contribution in [3.63, 3.8) is 0 Å². The molecule has 3 rings (SSSR count). The first-order valence-electron chi connectivity index (χ1n) is 10.7. The maximum absolute atomic E-state index is 5.79. The van der Waals surface area contributed by atoms with E-state index in [1.807, 2.05) is 22.8 Å². The molecule has 10 nitrogen and oxygen atoms in total. The Labute approximate surface area is 206 Å². The molecule has 1 aliphatic heterocycles. The summed E-state index contributed by atoms with van der Waals surface area (Å²) in [6, 6.07) is 5.80. The molecular formula is C21H33IN6O4. The van der Waals surface area contributed by atoms with Gasteiger partial charge in [0.25, 0.3) is 0 Å². The fourth-order valence-corrected chi connectivity index (χ4v) is 2.96. The molecule has 0 aliphatic carbocycles. The van der Waals surface area contributed by atoms with E-state index in [9.17, 15) is 0 Å². The summed E-state index contributed by atoms with van der Waals surface area (Å²) in [5, 5.41) is 14.8. The summed E-state index contributed by atoms with van der Waals surface area (Å²) < 4.78 is 24.0. The number of fused-ring (bicyclic) bond motifs is 1. The minimum absolute atomic E-state index is 0. The molecule has 0 saturated carbocycles. The number of hydrogen-bond donors (Lipinski definition) is 2. The molecule has 0 amide bonds. The second-order valence-corrected chi connectivity index (χ2v) is 6.92. The Morgan fingerprint density at radius 3 is 2.84 bits per heavy atom. The molecule has 0 unspecified atom stereocenters. The molecule has 1 aromatic carbocycles. The number of nitrogens with one attached hydrogen (secondary N) is 2. The number of nitrogens with zero attached hydrogens (tertiary/aromatic N) is 4. The lowest BCUT2D eigenvalue weighted by Crippen LogP contribution is -2.32. The number of hydrogen-bond acceptors (Lipinski definition) is 7. The summed E-state index contributed by atoms with van der Waals surface area (Å²) in [4.78, 5) is 4.69. The van der Waals surface area contributed by atoms with Crippen molar-refractivity contribution in [3.05, 3.63) is 30.4 Å². The van der Waals surface area contributed by atoms with Crippen LogP contribution in [0.25, 0.3) is 0 Å². The van der Waals surface area contributed by atoms with Gasteiger partial charge in [-0.2, -0.15) is 0 Å². The van der Waals surface area contributed by atoms with E-state index in [-0.39, 0.29) is 24.0 Å². The second-order valence-electron chi connectivity index (χ2n) is 6.92. The highest BCUT2D eigenvalue weighted by Gasteiger charge is 2.12. The molecule has 2 N–H and O–H groups in total. The number of anilines is 1. The van der Waals surface area contributed by atoms with E-state index in [0.29, 0.717) is 52.1 Å². The number of benzene rings is 1. The van der Waals surface area contributed by atoms with Crippen molar-refractivity contribution in [2.24, 2.45) is 4.99 Å². The van der Waals surface area contributed by atoms with Crippen LogP contribution < -0.4 is 20.1 Å². The van der Waals surface area contributed by atoms with Crippen LogP contribution in [0.1, 0.15) is 25.6 Å². The normalized spacial score (nSPS) is 13.2. The highest BCUT2D eigenvalue weighted by molar-refractivity contribution is 14.0. The molecule has 178 valence electrons. The molecule has 2 aromatic rings. The van der Waals surface area contributed by atoms with E-state index in [2.05, 4.69) is 32.7 Å². The number of aryl methyl sites for hydroxylation is 1. The van der Waals surface area contributed by atoms with Crippen LogP contribution in [-0.4, -0.2) is 67.4 Å². The molecule has 2 heterocycles. The number of ether oxygens (including phenoxy) is 4. The van der Waals surface area contributed by atoms with Gasteiger partial charge < -0.3 is 34.1 Å². The number of rotatable bonds is 11. The van der Waals surface area contributed by atoms with Crippen molar-refractivity contribution >= 4 is 35.6 Å². The Balaban J connectivity index is 0.00000363. The summed E-state index contributed by atoms with van der Waals surface area (Å²) in [6.45, 7) is 7.14. The molecule has 0 saturated heterocycles. The van der Waals surface area contributed by atoms with Gasteiger partial charge in [0.2, 0.25) is 0 Å². The summed E-state index contributed by atoms with van der Waals surface area (Å²) in [6.07, 6.45) is 3.43. The number of aliphatic imine (C=N–C) groups is 1. The molecule has 0 atom stereocenters. The van der Waals surface area contributed by atoms with Crippen molar-refractivity contribution < 1.29 is 18.9 Å². The highest BCUT2D eigenvalue weighted by Crippen LogP contribution is 2.32. The minimum Gasteiger partial charge on any atom is -0.490 e. The Kier molecular flexibility index (Phi) is 12.1. The standard InChI is InChI=1S/C21H32N6O4.HI/c1-3-27-16-24-26-20(27)15-23-21(22-8-4-9-29-13-12-28-2)25-17-6-7-18-19(14-17)31-11-5-10-30-18;/h6-7,14,16H,3-5,8-13,15H2,1-2H3,(H2,22,23,25);1H. The Bertz CT molecular complexity index is 832. The van der Waals surface area contributed by atoms with Crippen LogP contribution in [0.4, 0.5) is 5.69 Å². The van der Waals surface area contributed by atoms with Crippen molar-refractivity contribution in [1.29, 1.82) is 0 Å². The third kappa shape index (κ3) is 8.43. The molecular weight excluding hydrogens is 527 g/mol. The van der Waals surface area contributed by atoms with Crippen LogP contribution in [0.15, 0.2) is 29.5 Å². The lowest BCUT2D eigenvalue weighted by Gasteiger charge is -2.15. The van der Waals surface area contributed by atoms with Gasteiger partial charge in [-0.05, 0) is 25.5 Å². The first-order chi connectivity index (χ1) is 15.3. The Morgan fingerprint density at radius 1 is 1.19 bits per heavy atom. The van der Waals surface area contributed by atoms with Gasteiger partial charge in [0.05, 0.1) is 26.4 Å². The van der Waals surface area contributed by atoms with Gasteiger partial charge in [0.15, 0.2) is 23.3 Å². The Morgan fingerprint density at radius 2 is 2.03 bits per heavy atom. The van der Waals surface area contributed by atoms with Crippen molar-refractivity contribution in [2.75, 3.05) is 52.0 Å². The van der Waals surface area contributed by atoms with E-state index in [1.165, 1.54) is 0 Å². The van der Waals surface area contributed by atoms with Gasteiger partial charge in [0.1, 0.15) is 12.9 Å². The van der Waals surface area contributed by atoms with Crippen LogP contribution in [0.2, 0.25) is 0 Å². The predicted molar refractivity (Wildman–Crippen MR) is 133 cm³/mol. The first-order valence-corrected chi connectivity index (χ1v) is 10.7. The molecule has 0 fully saturated rings. The average Bonchev–Trinajstić information content (AvgIpc) is 3.12. The second kappa shape index (κ2) is 14.9. The first kappa shape index (κ1) is 26.1. The number of halogens is 1. The van der Waals surface area contributed by atoms with Gasteiger partial charge in [-0.3, -0.25) is 0 Å². The summed E-state index contributed by atoms with van der Waals surface area (Å²) in [7, 11) is 1.66. The number of aromatic nitrogens is 3. The smallest absolute Gasteiger partial charge is 0.196 e. The monoisotopic (exact) mass is 560 g/mol. The molecule has 0 bridgehead atoms. The fraction of sp³-hybridized carbons (Fsp3) is 0.571. The van der Waals surface area contributed by atoms with E-state index < -0.39 is 0 Å². The number of guanidine groups is 1. The molecule has 0 spiro atoms. The molecule has 32 heavy (non-hydrogen) atoms. The summed E-state index contributed by atoms with van der Waals surface area (Å²) in [5.41, 5.74) is 0.865. The van der Waals surface area contributed by atoms with Crippen LogP contribution in [0.5, 0.6) is 11.5 Å². The maximum atomic E-state index is 5.79. The zero-order valence-corrected chi connectivity index (χ0v) is 21.0. The third-order valence-corrected chi connectivity index (χ3v) is 4.61. The largest absolute Gasteiger partial charge is 0.490 e.